The summed E-state index contributed by atoms with van der Waals surface area (Å²) in [5.41, 5.74) is 0. The minimum atomic E-state index is -0.119. The molecule has 0 rings (SSSR count). The fourth-order valence-corrected chi connectivity index (χ4v) is 21.7. The van der Waals surface area contributed by atoms with Crippen molar-refractivity contribution in [1.82, 2.24) is 0 Å². The second-order valence-corrected chi connectivity index (χ2v) is 16.9. The summed E-state index contributed by atoms with van der Waals surface area (Å²) in [6.07, 6.45) is -0.119. The zero-order valence-corrected chi connectivity index (χ0v) is 10.7. The number of hydrogen-bond donors (Lipinski definition) is 0. The third-order valence-electron chi connectivity index (χ3n) is 0.240. The molecule has 40 valence electrons. The summed E-state index contributed by atoms with van der Waals surface area (Å²) >= 11 is 0. The molecule has 8 heavy (non-hydrogen) atoms. The topological polar surface area (TPSA) is 0 Å². The van der Waals surface area contributed by atoms with Gasteiger partial charge >= 0.3 is 60.5 Å². The van der Waals surface area contributed by atoms with Gasteiger partial charge in [0.25, 0.3) is 0 Å². The van der Waals surface area contributed by atoms with E-state index in [0.29, 0.717) is 0 Å². The molecule has 0 unspecified atom stereocenters. The van der Waals surface area contributed by atoms with E-state index in [1.807, 2.05) is 0 Å². The Morgan fingerprint density at radius 1 is 1.00 bits per heavy atom. The van der Waals surface area contributed by atoms with Crippen molar-refractivity contribution in [1.29, 1.82) is 0 Å². The first-order valence-electron chi connectivity index (χ1n) is 1.40. The van der Waals surface area contributed by atoms with E-state index in [4.69, 9.17) is 0 Å². The molecule has 0 aliphatic heterocycles. The standard InChI is InChI=1S/P8/c1-4-6-8(3)7-5-2. The average Bonchev–Trinajstić information content (AvgIpc) is 1.68. The van der Waals surface area contributed by atoms with Gasteiger partial charge in [-0.05, 0) is 0 Å². The van der Waals surface area contributed by atoms with Gasteiger partial charge in [-0.2, -0.15) is 0 Å². The van der Waals surface area contributed by atoms with Crippen LogP contribution >= 0.6 is 60.5 Å². The molecule has 0 fully saturated rings. The van der Waals surface area contributed by atoms with Gasteiger partial charge in [0.1, 0.15) is 0 Å². The van der Waals surface area contributed by atoms with Crippen LogP contribution < -0.4 is 0 Å². The van der Waals surface area contributed by atoms with Crippen molar-refractivity contribution in [2.45, 2.75) is 0 Å². The van der Waals surface area contributed by atoms with Gasteiger partial charge < -0.3 is 0 Å². The first kappa shape index (κ1) is 11.1. The van der Waals surface area contributed by atoms with E-state index in [2.05, 4.69) is 25.0 Å². The molecule has 0 aromatic carbocycles. The first-order chi connectivity index (χ1) is 3.81. The Morgan fingerprint density at radius 3 is 1.62 bits per heavy atom. The van der Waals surface area contributed by atoms with Crippen LogP contribution in [-0.2, 0) is 0 Å². The molecular formula is P8. The van der Waals surface area contributed by atoms with Crippen LogP contribution in [0.5, 0.6) is 0 Å². The molecule has 8 heteroatoms. The Labute approximate surface area is 60.7 Å². The zero-order chi connectivity index (χ0) is 6.41. The second-order valence-electron chi connectivity index (χ2n) is 0.626. The van der Waals surface area contributed by atoms with Crippen molar-refractivity contribution in [3.8, 4) is 0 Å². The van der Waals surface area contributed by atoms with Crippen LogP contribution in [0.25, 0.3) is 0 Å². The van der Waals surface area contributed by atoms with Gasteiger partial charge in [0.15, 0.2) is 0 Å². The Bertz CT molecular complexity index is 257. The Kier molecular flexibility index (Phi) is 11.3. The van der Waals surface area contributed by atoms with E-state index in [9.17, 15) is 0 Å². The van der Waals surface area contributed by atoms with E-state index in [1.165, 1.54) is 15.1 Å². The average molecular weight is 248 g/mol. The molecule has 0 nitrogen and oxygen atoms in total. The van der Waals surface area contributed by atoms with Gasteiger partial charge in [0, 0.05) is 0 Å². The summed E-state index contributed by atoms with van der Waals surface area (Å²) in [5.74, 6) is 0. The van der Waals surface area contributed by atoms with Crippen LogP contribution in [0.3, 0.4) is 0 Å². The first-order valence-corrected chi connectivity index (χ1v) is 12.6. The third-order valence-corrected chi connectivity index (χ3v) is 19.4. The third kappa shape index (κ3) is 7.16. The Balaban J connectivity index is 4.28. The zero-order valence-electron chi connectivity index (χ0n) is 3.58. The van der Waals surface area contributed by atoms with Gasteiger partial charge in [0.2, 0.25) is 0 Å². The van der Waals surface area contributed by atoms with Crippen LogP contribution in [0.2, 0.25) is 0 Å². The normalized spacial score (nSPS) is 10.9. The molecule has 0 N–H and O–H groups in total. The minimum absolute atomic E-state index is 0.119. The van der Waals surface area contributed by atoms with Crippen LogP contribution in [0.1, 0.15) is 0 Å². The van der Waals surface area contributed by atoms with Gasteiger partial charge in [-0.15, -0.1) is 0 Å². The predicted molar refractivity (Wildman–Crippen MR) is 55.4 cm³/mol. The van der Waals surface area contributed by atoms with E-state index in [0.717, 1.165) is 13.9 Å². The molecular weight excluding hydrogens is 248 g/mol. The van der Waals surface area contributed by atoms with Crippen LogP contribution in [-0.4, -0.2) is 0 Å². The number of hydrogen-bond acceptors (Lipinski definition) is 0. The Morgan fingerprint density at radius 2 is 1.38 bits per heavy atom. The van der Waals surface area contributed by atoms with Crippen LogP contribution in [0, 0.1) is 0 Å². The van der Waals surface area contributed by atoms with Crippen molar-refractivity contribution in [2.75, 3.05) is 0 Å². The number of rotatable bonds is 0. The van der Waals surface area contributed by atoms with Gasteiger partial charge in [-0.3, -0.25) is 0 Å². The van der Waals surface area contributed by atoms with Crippen molar-refractivity contribution in [3.63, 3.8) is 0 Å². The molecule has 0 radical (unpaired) electrons. The van der Waals surface area contributed by atoms with Crippen molar-refractivity contribution in [2.24, 2.45) is 0 Å². The van der Waals surface area contributed by atoms with Crippen molar-refractivity contribution < 1.29 is 0 Å². The second kappa shape index (κ2) is 8.15. The quantitative estimate of drug-likeness (QED) is 0.409. The molecule has 0 saturated heterocycles. The Hall–Kier alpha value is 3.05. The van der Waals surface area contributed by atoms with E-state index >= 15 is 0 Å². The summed E-state index contributed by atoms with van der Waals surface area (Å²) in [6.45, 7) is 2.25. The molecule has 0 aromatic heterocycles. The molecule has 0 saturated carbocycles. The molecule has 0 atom stereocenters. The van der Waals surface area contributed by atoms with Gasteiger partial charge in [0.05, 0.1) is 0 Å². The fraction of sp³-hybridized carbons (Fsp3) is 0. The summed E-state index contributed by atoms with van der Waals surface area (Å²) in [5, 5.41) is 0. The molecule has 0 heterocycles. The predicted octanol–water partition coefficient (Wildman–Crippen LogP) is 6.89. The van der Waals surface area contributed by atoms with Crippen LogP contribution in [0.15, 0.2) is 0 Å². The maximum absolute atomic E-state index is 4.32. The molecule has 0 bridgehead atoms. The van der Waals surface area contributed by atoms with E-state index < -0.39 is 0 Å². The molecule has 0 aliphatic rings. The molecule has 0 amide bonds. The van der Waals surface area contributed by atoms with E-state index in [-0.39, 0.29) is 6.40 Å². The van der Waals surface area contributed by atoms with Crippen molar-refractivity contribution in [3.05, 3.63) is 0 Å². The van der Waals surface area contributed by atoms with Gasteiger partial charge in [-0.25, -0.2) is 0 Å². The maximum atomic E-state index is 4.32. The van der Waals surface area contributed by atoms with E-state index in [1.54, 1.807) is 0 Å². The van der Waals surface area contributed by atoms with Gasteiger partial charge in [-0.1, -0.05) is 0 Å². The summed E-state index contributed by atoms with van der Waals surface area (Å²) < 4.78 is 0. The molecule has 0 aromatic rings. The molecule has 0 aliphatic carbocycles. The monoisotopic (exact) mass is 248 g/mol. The SMILES string of the molecule is P#P=PP(#P)P=P#P. The summed E-state index contributed by atoms with van der Waals surface area (Å²) in [7, 11) is 15.1. The van der Waals surface area contributed by atoms with Crippen molar-refractivity contribution >= 4 is 60.5 Å². The molecule has 0 spiro atoms. The summed E-state index contributed by atoms with van der Waals surface area (Å²) in [6, 6.07) is 0. The summed E-state index contributed by atoms with van der Waals surface area (Å²) in [4.78, 5) is 0. The van der Waals surface area contributed by atoms with Crippen LogP contribution in [0.4, 0.5) is 0 Å². The fourth-order valence-electron chi connectivity index (χ4n) is 0.0894.